The Morgan fingerprint density at radius 3 is 2.45 bits per heavy atom. The Hall–Kier alpha value is -0.120. The van der Waals surface area contributed by atoms with Crippen LogP contribution in [0, 0.1) is 0 Å². The molecule has 0 bridgehead atoms. The SMILES string of the molecule is CC.COC1CN(C)CCO1. The molecule has 1 atom stereocenters. The summed E-state index contributed by atoms with van der Waals surface area (Å²) in [5.74, 6) is 0. The van der Waals surface area contributed by atoms with Crippen molar-refractivity contribution in [1.29, 1.82) is 0 Å². The number of likely N-dealkylation sites (N-methyl/N-ethyl adjacent to an activating group) is 1. The zero-order valence-corrected chi connectivity index (χ0v) is 7.96. The first-order valence-electron chi connectivity index (χ1n) is 4.16. The zero-order valence-electron chi connectivity index (χ0n) is 7.96. The molecular weight excluding hydrogens is 142 g/mol. The van der Waals surface area contributed by atoms with E-state index in [0.29, 0.717) is 0 Å². The van der Waals surface area contributed by atoms with Crippen LogP contribution in [-0.2, 0) is 9.47 Å². The molecule has 68 valence electrons. The fourth-order valence-corrected chi connectivity index (χ4v) is 0.881. The minimum absolute atomic E-state index is 0.0104. The minimum atomic E-state index is -0.0104. The van der Waals surface area contributed by atoms with Gasteiger partial charge in [0.2, 0.25) is 0 Å². The molecule has 1 rings (SSSR count). The van der Waals surface area contributed by atoms with E-state index in [0.717, 1.165) is 19.7 Å². The van der Waals surface area contributed by atoms with E-state index in [9.17, 15) is 0 Å². The van der Waals surface area contributed by atoms with E-state index < -0.39 is 0 Å². The number of morpholine rings is 1. The Kier molecular flexibility index (Phi) is 6.51. The van der Waals surface area contributed by atoms with Crippen LogP contribution in [0.15, 0.2) is 0 Å². The molecule has 0 aromatic rings. The van der Waals surface area contributed by atoms with Gasteiger partial charge in [0.05, 0.1) is 6.61 Å². The first-order valence-corrected chi connectivity index (χ1v) is 4.16. The van der Waals surface area contributed by atoms with E-state index in [4.69, 9.17) is 9.47 Å². The molecular formula is C8H19NO2. The van der Waals surface area contributed by atoms with Crippen molar-refractivity contribution in [3.8, 4) is 0 Å². The molecule has 0 aliphatic carbocycles. The second-order valence-corrected chi connectivity index (χ2v) is 2.30. The van der Waals surface area contributed by atoms with Gasteiger partial charge in [0.15, 0.2) is 6.29 Å². The summed E-state index contributed by atoms with van der Waals surface area (Å²) in [6.45, 7) is 6.69. The van der Waals surface area contributed by atoms with Crippen LogP contribution in [0.4, 0.5) is 0 Å². The third-order valence-corrected chi connectivity index (χ3v) is 1.50. The standard InChI is InChI=1S/C6H13NO2.C2H6/c1-7-3-4-9-6(5-7)8-2;1-2/h6H,3-5H2,1-2H3;1-2H3. The number of hydrogen-bond acceptors (Lipinski definition) is 3. The highest BCUT2D eigenvalue weighted by molar-refractivity contribution is 4.59. The highest BCUT2D eigenvalue weighted by atomic mass is 16.7. The van der Waals surface area contributed by atoms with Crippen LogP contribution in [0.5, 0.6) is 0 Å². The van der Waals surface area contributed by atoms with Crippen LogP contribution in [0.3, 0.4) is 0 Å². The Bertz CT molecular complexity index is 88.2. The van der Waals surface area contributed by atoms with Crippen LogP contribution in [0.2, 0.25) is 0 Å². The van der Waals surface area contributed by atoms with Crippen molar-refractivity contribution in [2.24, 2.45) is 0 Å². The molecule has 0 saturated carbocycles. The Labute approximate surface area is 69.3 Å². The van der Waals surface area contributed by atoms with Gasteiger partial charge in [-0.25, -0.2) is 0 Å². The van der Waals surface area contributed by atoms with Crippen LogP contribution < -0.4 is 0 Å². The Morgan fingerprint density at radius 1 is 1.45 bits per heavy atom. The lowest BCUT2D eigenvalue weighted by molar-refractivity contribution is -0.160. The van der Waals surface area contributed by atoms with E-state index in [-0.39, 0.29) is 6.29 Å². The predicted molar refractivity (Wildman–Crippen MR) is 45.6 cm³/mol. The number of methoxy groups -OCH3 is 1. The molecule has 1 fully saturated rings. The highest BCUT2D eigenvalue weighted by Crippen LogP contribution is 2.01. The summed E-state index contributed by atoms with van der Waals surface area (Å²) < 4.78 is 10.2. The van der Waals surface area contributed by atoms with Gasteiger partial charge in [-0.05, 0) is 7.05 Å². The van der Waals surface area contributed by atoms with Crippen molar-refractivity contribution in [3.05, 3.63) is 0 Å². The molecule has 0 spiro atoms. The van der Waals surface area contributed by atoms with Crippen LogP contribution in [0.1, 0.15) is 13.8 Å². The van der Waals surface area contributed by atoms with Gasteiger partial charge < -0.3 is 9.47 Å². The van der Waals surface area contributed by atoms with Gasteiger partial charge in [0.1, 0.15) is 0 Å². The number of nitrogens with zero attached hydrogens (tertiary/aromatic N) is 1. The van der Waals surface area contributed by atoms with E-state index in [2.05, 4.69) is 11.9 Å². The first-order chi connectivity index (χ1) is 5.33. The molecule has 0 radical (unpaired) electrons. The molecule has 0 N–H and O–H groups in total. The average molecular weight is 161 g/mol. The summed E-state index contributed by atoms with van der Waals surface area (Å²) in [4.78, 5) is 2.19. The quantitative estimate of drug-likeness (QED) is 0.571. The molecule has 1 unspecified atom stereocenters. The zero-order chi connectivity index (χ0) is 8.69. The van der Waals surface area contributed by atoms with Gasteiger partial charge in [0, 0.05) is 20.2 Å². The van der Waals surface area contributed by atoms with E-state index >= 15 is 0 Å². The third-order valence-electron chi connectivity index (χ3n) is 1.50. The van der Waals surface area contributed by atoms with Crippen LogP contribution >= 0.6 is 0 Å². The molecule has 1 saturated heterocycles. The van der Waals surface area contributed by atoms with Gasteiger partial charge in [-0.1, -0.05) is 13.8 Å². The molecule has 0 aromatic heterocycles. The van der Waals surface area contributed by atoms with Gasteiger partial charge in [-0.3, -0.25) is 4.90 Å². The van der Waals surface area contributed by atoms with Crippen LogP contribution in [0.25, 0.3) is 0 Å². The van der Waals surface area contributed by atoms with Gasteiger partial charge >= 0.3 is 0 Å². The fraction of sp³-hybridized carbons (Fsp3) is 1.00. The lowest BCUT2D eigenvalue weighted by atomic mass is 10.4. The third kappa shape index (κ3) is 4.35. The molecule has 0 amide bonds. The largest absolute Gasteiger partial charge is 0.355 e. The van der Waals surface area contributed by atoms with E-state index in [1.54, 1.807) is 7.11 Å². The summed E-state index contributed by atoms with van der Waals surface area (Å²) in [5, 5.41) is 0. The van der Waals surface area contributed by atoms with Gasteiger partial charge in [-0.15, -0.1) is 0 Å². The maximum atomic E-state index is 5.23. The summed E-state index contributed by atoms with van der Waals surface area (Å²) >= 11 is 0. The number of rotatable bonds is 1. The topological polar surface area (TPSA) is 21.7 Å². The molecule has 1 heterocycles. The van der Waals surface area contributed by atoms with Gasteiger partial charge in [-0.2, -0.15) is 0 Å². The highest BCUT2D eigenvalue weighted by Gasteiger charge is 2.15. The second-order valence-electron chi connectivity index (χ2n) is 2.30. The molecule has 0 aromatic carbocycles. The van der Waals surface area contributed by atoms with Gasteiger partial charge in [0.25, 0.3) is 0 Å². The summed E-state index contributed by atoms with van der Waals surface area (Å²) in [7, 11) is 3.73. The Morgan fingerprint density at radius 2 is 2.09 bits per heavy atom. The van der Waals surface area contributed by atoms with Crippen LogP contribution in [-0.4, -0.2) is 45.0 Å². The monoisotopic (exact) mass is 161 g/mol. The van der Waals surface area contributed by atoms with Crippen molar-refractivity contribution in [2.75, 3.05) is 33.9 Å². The number of ether oxygens (including phenoxy) is 2. The summed E-state index contributed by atoms with van der Waals surface area (Å²) in [6, 6.07) is 0. The van der Waals surface area contributed by atoms with Crippen molar-refractivity contribution in [3.63, 3.8) is 0 Å². The summed E-state index contributed by atoms with van der Waals surface area (Å²) in [5.41, 5.74) is 0. The lowest BCUT2D eigenvalue weighted by Crippen LogP contribution is -2.40. The van der Waals surface area contributed by atoms with Crippen molar-refractivity contribution in [1.82, 2.24) is 4.90 Å². The molecule has 11 heavy (non-hydrogen) atoms. The van der Waals surface area contributed by atoms with Crippen molar-refractivity contribution in [2.45, 2.75) is 20.1 Å². The minimum Gasteiger partial charge on any atom is -0.355 e. The second kappa shape index (κ2) is 6.58. The molecule has 3 nitrogen and oxygen atoms in total. The molecule has 1 aliphatic rings. The first kappa shape index (κ1) is 10.9. The summed E-state index contributed by atoms with van der Waals surface area (Å²) in [6.07, 6.45) is -0.0104. The average Bonchev–Trinajstić information content (AvgIpc) is 2.08. The van der Waals surface area contributed by atoms with Crippen molar-refractivity contribution < 1.29 is 9.47 Å². The predicted octanol–water partition coefficient (Wildman–Crippen LogP) is 0.947. The normalized spacial score (nSPS) is 25.6. The van der Waals surface area contributed by atoms with E-state index in [1.807, 2.05) is 13.8 Å². The maximum Gasteiger partial charge on any atom is 0.169 e. The lowest BCUT2D eigenvalue weighted by Gasteiger charge is -2.28. The van der Waals surface area contributed by atoms with E-state index in [1.165, 1.54) is 0 Å². The molecule has 1 aliphatic heterocycles. The Balaban J connectivity index is 0.000000461. The molecule has 3 heteroatoms. The smallest absolute Gasteiger partial charge is 0.169 e. The maximum absolute atomic E-state index is 5.23. The number of hydrogen-bond donors (Lipinski definition) is 0. The van der Waals surface area contributed by atoms with Crippen molar-refractivity contribution >= 4 is 0 Å². The fourth-order valence-electron chi connectivity index (χ4n) is 0.881.